The zero-order valence-corrected chi connectivity index (χ0v) is 10.5. The van der Waals surface area contributed by atoms with Gasteiger partial charge in [0.05, 0.1) is 5.92 Å². The van der Waals surface area contributed by atoms with Crippen molar-refractivity contribution in [2.75, 3.05) is 6.54 Å². The van der Waals surface area contributed by atoms with E-state index in [4.69, 9.17) is 5.73 Å². The number of thiophene rings is 1. The van der Waals surface area contributed by atoms with Crippen LogP contribution in [0.2, 0.25) is 0 Å². The second-order valence-electron chi connectivity index (χ2n) is 4.77. The minimum absolute atomic E-state index is 0.00480. The molecule has 1 aromatic rings. The molecule has 2 atom stereocenters. The molecule has 4 heteroatoms. The van der Waals surface area contributed by atoms with E-state index in [0.717, 1.165) is 25.9 Å². The Kier molecular flexibility index (Phi) is 2.76. The Bertz CT molecular complexity index is 466. The van der Waals surface area contributed by atoms with Crippen molar-refractivity contribution in [1.29, 1.82) is 0 Å². The molecule has 2 unspecified atom stereocenters. The number of hydrogen-bond donors (Lipinski definition) is 1. The average molecular weight is 248 g/mol. The molecule has 2 N–H and O–H groups in total. The van der Waals surface area contributed by atoms with Gasteiger partial charge in [-0.05, 0) is 29.9 Å². The fourth-order valence-electron chi connectivity index (χ4n) is 2.58. The second-order valence-corrected chi connectivity index (χ2v) is 5.77. The lowest BCUT2D eigenvalue weighted by Crippen LogP contribution is -2.39. The number of nitrogens with zero attached hydrogens (tertiary/aromatic N) is 1. The van der Waals surface area contributed by atoms with Gasteiger partial charge >= 0.3 is 0 Å². The standard InChI is InChI=1S/C13H16N2OS/c14-11-2-1-9(7-11)13(16)15-5-3-12-10(8-15)4-6-17-12/h1-2,4,6,9,11H,3,5,7-8,14H2. The maximum absolute atomic E-state index is 12.3. The minimum Gasteiger partial charge on any atom is -0.337 e. The van der Waals surface area contributed by atoms with E-state index < -0.39 is 0 Å². The van der Waals surface area contributed by atoms with Gasteiger partial charge in [0.2, 0.25) is 5.91 Å². The van der Waals surface area contributed by atoms with Crippen molar-refractivity contribution < 1.29 is 4.79 Å². The molecule has 0 radical (unpaired) electrons. The fourth-order valence-corrected chi connectivity index (χ4v) is 3.47. The molecule has 90 valence electrons. The highest BCUT2D eigenvalue weighted by atomic mass is 32.1. The maximum Gasteiger partial charge on any atom is 0.229 e. The molecule has 0 saturated heterocycles. The first kappa shape index (κ1) is 11.0. The molecule has 1 amide bonds. The van der Waals surface area contributed by atoms with E-state index >= 15 is 0 Å². The number of nitrogens with two attached hydrogens (primary N) is 1. The second kappa shape index (κ2) is 4.27. The summed E-state index contributed by atoms with van der Waals surface area (Å²) in [7, 11) is 0. The van der Waals surface area contributed by atoms with Gasteiger partial charge in [-0.1, -0.05) is 12.2 Å². The van der Waals surface area contributed by atoms with Crippen molar-refractivity contribution in [3.8, 4) is 0 Å². The van der Waals surface area contributed by atoms with Crippen LogP contribution in [0.3, 0.4) is 0 Å². The van der Waals surface area contributed by atoms with Gasteiger partial charge < -0.3 is 10.6 Å². The van der Waals surface area contributed by atoms with Crippen molar-refractivity contribution >= 4 is 17.2 Å². The maximum atomic E-state index is 12.3. The first-order valence-corrected chi connectivity index (χ1v) is 6.90. The van der Waals surface area contributed by atoms with Crippen LogP contribution in [-0.2, 0) is 17.8 Å². The van der Waals surface area contributed by atoms with E-state index in [2.05, 4.69) is 11.4 Å². The van der Waals surface area contributed by atoms with Crippen molar-refractivity contribution in [3.05, 3.63) is 34.0 Å². The number of carbonyl (C=O) groups is 1. The van der Waals surface area contributed by atoms with Crippen LogP contribution in [0.25, 0.3) is 0 Å². The molecule has 3 nitrogen and oxygen atoms in total. The van der Waals surface area contributed by atoms with Crippen LogP contribution >= 0.6 is 11.3 Å². The van der Waals surface area contributed by atoms with Gasteiger partial charge in [0, 0.05) is 24.0 Å². The molecular formula is C13H16N2OS. The largest absolute Gasteiger partial charge is 0.337 e. The van der Waals surface area contributed by atoms with Gasteiger partial charge in [-0.3, -0.25) is 4.79 Å². The Labute approximate surface area is 105 Å². The lowest BCUT2D eigenvalue weighted by atomic mass is 10.0. The van der Waals surface area contributed by atoms with Gasteiger partial charge in [-0.25, -0.2) is 0 Å². The lowest BCUT2D eigenvalue weighted by molar-refractivity contribution is -0.134. The van der Waals surface area contributed by atoms with Gasteiger partial charge in [0.1, 0.15) is 0 Å². The normalized spacial score (nSPS) is 27.2. The Hall–Kier alpha value is -1.13. The molecule has 2 heterocycles. The van der Waals surface area contributed by atoms with Crippen molar-refractivity contribution in [2.45, 2.75) is 25.4 Å². The lowest BCUT2D eigenvalue weighted by Gasteiger charge is -2.29. The summed E-state index contributed by atoms with van der Waals surface area (Å²) in [6.45, 7) is 1.63. The van der Waals surface area contributed by atoms with Gasteiger partial charge in [-0.2, -0.15) is 0 Å². The molecule has 0 aromatic carbocycles. The number of hydrogen-bond acceptors (Lipinski definition) is 3. The summed E-state index contributed by atoms with van der Waals surface area (Å²) in [5, 5.41) is 2.12. The molecular weight excluding hydrogens is 232 g/mol. The summed E-state index contributed by atoms with van der Waals surface area (Å²) in [6, 6.07) is 2.20. The molecule has 17 heavy (non-hydrogen) atoms. The Morgan fingerprint density at radius 1 is 1.47 bits per heavy atom. The van der Waals surface area contributed by atoms with E-state index in [1.54, 1.807) is 11.3 Å². The quantitative estimate of drug-likeness (QED) is 0.766. The minimum atomic E-state index is 0.00480. The summed E-state index contributed by atoms with van der Waals surface area (Å²) in [5.41, 5.74) is 7.12. The smallest absolute Gasteiger partial charge is 0.229 e. The molecule has 1 aliphatic heterocycles. The summed E-state index contributed by atoms with van der Waals surface area (Å²) in [5.74, 6) is 0.247. The first-order chi connectivity index (χ1) is 8.24. The van der Waals surface area contributed by atoms with Gasteiger partial charge in [0.15, 0.2) is 0 Å². The first-order valence-electron chi connectivity index (χ1n) is 6.02. The predicted octanol–water partition coefficient (Wildman–Crippen LogP) is 1.54. The average Bonchev–Trinajstić information content (AvgIpc) is 2.95. The van der Waals surface area contributed by atoms with E-state index in [-0.39, 0.29) is 17.9 Å². The van der Waals surface area contributed by atoms with E-state index in [1.165, 1.54) is 10.4 Å². The molecule has 0 fully saturated rings. The fraction of sp³-hybridized carbons (Fsp3) is 0.462. The van der Waals surface area contributed by atoms with Crippen LogP contribution in [0.15, 0.2) is 23.6 Å². The summed E-state index contributed by atoms with van der Waals surface area (Å²) < 4.78 is 0. The molecule has 0 saturated carbocycles. The molecule has 0 spiro atoms. The Morgan fingerprint density at radius 3 is 3.12 bits per heavy atom. The van der Waals surface area contributed by atoms with Crippen LogP contribution in [0.1, 0.15) is 16.9 Å². The highest BCUT2D eigenvalue weighted by molar-refractivity contribution is 7.10. The van der Waals surface area contributed by atoms with Crippen molar-refractivity contribution in [2.24, 2.45) is 11.7 Å². The molecule has 0 bridgehead atoms. The molecule has 1 aliphatic carbocycles. The van der Waals surface area contributed by atoms with E-state index in [0.29, 0.717) is 0 Å². The molecule has 1 aromatic heterocycles. The Morgan fingerprint density at radius 2 is 2.35 bits per heavy atom. The highest BCUT2D eigenvalue weighted by Gasteiger charge is 2.29. The van der Waals surface area contributed by atoms with Gasteiger partial charge in [-0.15, -0.1) is 11.3 Å². The summed E-state index contributed by atoms with van der Waals surface area (Å²) in [6.07, 6.45) is 5.69. The van der Waals surface area contributed by atoms with E-state index in [1.807, 2.05) is 17.1 Å². The zero-order chi connectivity index (χ0) is 11.8. The van der Waals surface area contributed by atoms with Gasteiger partial charge in [0.25, 0.3) is 0 Å². The van der Waals surface area contributed by atoms with Crippen molar-refractivity contribution in [1.82, 2.24) is 4.90 Å². The highest BCUT2D eigenvalue weighted by Crippen LogP contribution is 2.27. The number of rotatable bonds is 1. The van der Waals surface area contributed by atoms with Crippen molar-refractivity contribution in [3.63, 3.8) is 0 Å². The third-order valence-electron chi connectivity index (χ3n) is 3.55. The van der Waals surface area contributed by atoms with Crippen LogP contribution in [0, 0.1) is 5.92 Å². The Balaban J connectivity index is 1.71. The van der Waals surface area contributed by atoms with Crippen LogP contribution in [0.5, 0.6) is 0 Å². The zero-order valence-electron chi connectivity index (χ0n) is 9.63. The number of fused-ring (bicyclic) bond motifs is 1. The monoisotopic (exact) mass is 248 g/mol. The molecule has 2 aliphatic rings. The predicted molar refractivity (Wildman–Crippen MR) is 68.7 cm³/mol. The van der Waals surface area contributed by atoms with Crippen LogP contribution in [0.4, 0.5) is 0 Å². The number of amides is 1. The number of carbonyl (C=O) groups excluding carboxylic acids is 1. The van der Waals surface area contributed by atoms with Crippen LogP contribution in [-0.4, -0.2) is 23.4 Å². The van der Waals surface area contributed by atoms with Crippen LogP contribution < -0.4 is 5.73 Å². The molecule has 3 rings (SSSR count). The SMILES string of the molecule is NC1C=CC(C(=O)N2CCc3sccc3C2)C1. The summed E-state index contributed by atoms with van der Waals surface area (Å²) >= 11 is 1.80. The van der Waals surface area contributed by atoms with E-state index in [9.17, 15) is 4.79 Å². The third-order valence-corrected chi connectivity index (χ3v) is 4.58. The summed E-state index contributed by atoms with van der Waals surface area (Å²) in [4.78, 5) is 15.7. The third kappa shape index (κ3) is 2.03. The topological polar surface area (TPSA) is 46.3 Å².